The summed E-state index contributed by atoms with van der Waals surface area (Å²) in [5.74, 6) is 0.330. The van der Waals surface area contributed by atoms with Crippen molar-refractivity contribution in [2.75, 3.05) is 12.4 Å². The first-order valence-electron chi connectivity index (χ1n) is 8.13. The Morgan fingerprint density at radius 2 is 2.14 bits per heavy atom. The van der Waals surface area contributed by atoms with Gasteiger partial charge in [-0.15, -0.1) is 11.3 Å². The van der Waals surface area contributed by atoms with Crippen LogP contribution in [0, 0.1) is 5.92 Å². The van der Waals surface area contributed by atoms with Gasteiger partial charge in [-0.1, -0.05) is 26.7 Å². The van der Waals surface area contributed by atoms with Crippen LogP contribution >= 0.6 is 11.3 Å². The van der Waals surface area contributed by atoms with Crippen LogP contribution in [0.2, 0.25) is 0 Å². The summed E-state index contributed by atoms with van der Waals surface area (Å²) in [6.07, 6.45) is 6.51. The largest absolute Gasteiger partial charge is 0.465 e. The third-order valence-electron chi connectivity index (χ3n) is 4.34. The van der Waals surface area contributed by atoms with E-state index in [0.717, 1.165) is 44.1 Å². The van der Waals surface area contributed by atoms with Crippen LogP contribution in [0.3, 0.4) is 0 Å². The lowest BCUT2D eigenvalue weighted by molar-refractivity contribution is -0.116. The summed E-state index contributed by atoms with van der Waals surface area (Å²) in [6, 6.07) is 0. The van der Waals surface area contributed by atoms with Gasteiger partial charge < -0.3 is 10.1 Å². The van der Waals surface area contributed by atoms with Gasteiger partial charge in [0.25, 0.3) is 0 Å². The predicted octanol–water partition coefficient (Wildman–Crippen LogP) is 4.18. The molecule has 1 aliphatic carbocycles. The van der Waals surface area contributed by atoms with E-state index in [2.05, 4.69) is 19.2 Å². The second-order valence-electron chi connectivity index (χ2n) is 5.87. The van der Waals surface area contributed by atoms with Gasteiger partial charge in [0.2, 0.25) is 5.91 Å². The topological polar surface area (TPSA) is 55.4 Å². The molecule has 2 rings (SSSR count). The van der Waals surface area contributed by atoms with Gasteiger partial charge in [-0.3, -0.25) is 4.79 Å². The van der Waals surface area contributed by atoms with E-state index in [0.29, 0.717) is 22.9 Å². The van der Waals surface area contributed by atoms with E-state index in [1.807, 2.05) is 0 Å². The minimum atomic E-state index is -0.335. The maximum atomic E-state index is 12.1. The lowest BCUT2D eigenvalue weighted by atomic mass is 9.85. The Labute approximate surface area is 136 Å². The zero-order valence-electron chi connectivity index (χ0n) is 13.7. The van der Waals surface area contributed by atoms with Gasteiger partial charge in [0, 0.05) is 11.3 Å². The number of anilines is 1. The molecule has 4 nitrogen and oxygen atoms in total. The second-order valence-corrected chi connectivity index (χ2v) is 6.97. The third kappa shape index (κ3) is 3.69. The fourth-order valence-corrected chi connectivity index (χ4v) is 4.30. The molecule has 1 heterocycles. The van der Waals surface area contributed by atoms with Crippen molar-refractivity contribution in [3.8, 4) is 0 Å². The summed E-state index contributed by atoms with van der Waals surface area (Å²) in [5, 5.41) is 3.61. The number of nitrogens with one attached hydrogen (secondary N) is 1. The quantitative estimate of drug-likeness (QED) is 0.799. The summed E-state index contributed by atoms with van der Waals surface area (Å²) in [6.45, 7) is 4.26. The fraction of sp³-hybridized carbons (Fsp3) is 0.647. The molecule has 1 aliphatic rings. The Hall–Kier alpha value is -1.36. The zero-order chi connectivity index (χ0) is 16.1. The molecular weight excluding hydrogens is 298 g/mol. The van der Waals surface area contributed by atoms with Crippen molar-refractivity contribution in [1.82, 2.24) is 0 Å². The number of thiophene rings is 1. The van der Waals surface area contributed by atoms with Gasteiger partial charge in [0.15, 0.2) is 0 Å². The molecule has 1 N–H and O–H groups in total. The Balaban J connectivity index is 2.26. The highest BCUT2D eigenvalue weighted by molar-refractivity contribution is 7.17. The van der Waals surface area contributed by atoms with Crippen molar-refractivity contribution in [2.45, 2.75) is 58.8 Å². The molecule has 1 amide bonds. The average molecular weight is 323 g/mol. The van der Waals surface area contributed by atoms with Crippen LogP contribution < -0.4 is 5.32 Å². The SMILES string of the molecule is CCCCC(=O)Nc1sc2c(c1C(=O)OC)CCC(CC)C2. The molecular formula is C17H25NO3S. The number of rotatable bonds is 6. The number of fused-ring (bicyclic) bond motifs is 1. The summed E-state index contributed by atoms with van der Waals surface area (Å²) < 4.78 is 4.93. The minimum Gasteiger partial charge on any atom is -0.465 e. The number of methoxy groups -OCH3 is 1. The number of carbonyl (C=O) groups is 2. The first-order valence-corrected chi connectivity index (χ1v) is 8.94. The van der Waals surface area contributed by atoms with E-state index in [9.17, 15) is 9.59 Å². The fourth-order valence-electron chi connectivity index (χ4n) is 2.94. The van der Waals surface area contributed by atoms with Crippen LogP contribution in [0.5, 0.6) is 0 Å². The molecule has 0 fully saturated rings. The van der Waals surface area contributed by atoms with Gasteiger partial charge in [0.1, 0.15) is 5.00 Å². The highest BCUT2D eigenvalue weighted by Crippen LogP contribution is 2.40. The van der Waals surface area contributed by atoms with Gasteiger partial charge in [0.05, 0.1) is 12.7 Å². The molecule has 22 heavy (non-hydrogen) atoms. The molecule has 0 aliphatic heterocycles. The van der Waals surface area contributed by atoms with Crippen molar-refractivity contribution in [3.05, 3.63) is 16.0 Å². The Morgan fingerprint density at radius 1 is 1.36 bits per heavy atom. The van der Waals surface area contributed by atoms with Crippen LogP contribution in [-0.2, 0) is 22.4 Å². The van der Waals surface area contributed by atoms with Crippen molar-refractivity contribution < 1.29 is 14.3 Å². The Morgan fingerprint density at radius 3 is 2.77 bits per heavy atom. The van der Waals surface area contributed by atoms with Gasteiger partial charge in [-0.25, -0.2) is 4.79 Å². The van der Waals surface area contributed by atoms with Crippen molar-refractivity contribution >= 4 is 28.2 Å². The van der Waals surface area contributed by atoms with E-state index in [4.69, 9.17) is 4.74 Å². The first-order chi connectivity index (χ1) is 10.6. The number of carbonyl (C=O) groups excluding carboxylic acids is 2. The maximum Gasteiger partial charge on any atom is 0.341 e. The number of hydrogen-bond donors (Lipinski definition) is 1. The molecule has 5 heteroatoms. The summed E-state index contributed by atoms with van der Waals surface area (Å²) in [4.78, 5) is 25.4. The van der Waals surface area contributed by atoms with Crippen molar-refractivity contribution in [1.29, 1.82) is 0 Å². The van der Waals surface area contributed by atoms with Gasteiger partial charge in [-0.2, -0.15) is 0 Å². The Kier molecular flexibility index (Phi) is 6.00. The molecule has 0 saturated carbocycles. The molecule has 0 radical (unpaired) electrons. The number of esters is 1. The van der Waals surface area contributed by atoms with E-state index >= 15 is 0 Å². The van der Waals surface area contributed by atoms with Crippen LogP contribution in [0.1, 0.15) is 66.8 Å². The van der Waals surface area contributed by atoms with E-state index in [-0.39, 0.29) is 11.9 Å². The number of ether oxygens (including phenoxy) is 1. The first kappa shape index (κ1) is 17.0. The normalized spacial score (nSPS) is 17.0. The molecule has 1 aromatic heterocycles. The molecule has 0 spiro atoms. The van der Waals surface area contributed by atoms with Gasteiger partial charge in [-0.05, 0) is 37.2 Å². The van der Waals surface area contributed by atoms with E-state index < -0.39 is 0 Å². The molecule has 1 unspecified atom stereocenters. The summed E-state index contributed by atoms with van der Waals surface area (Å²) in [5.41, 5.74) is 1.68. The molecule has 1 atom stereocenters. The molecule has 0 bridgehead atoms. The number of unbranched alkanes of at least 4 members (excludes halogenated alkanes) is 1. The standard InChI is InChI=1S/C17H25NO3S/c1-4-6-7-14(19)18-16-15(17(20)21-3)12-9-8-11(5-2)10-13(12)22-16/h11H,4-10H2,1-3H3,(H,18,19). The zero-order valence-corrected chi connectivity index (χ0v) is 14.5. The van der Waals surface area contributed by atoms with E-state index in [1.165, 1.54) is 12.0 Å². The number of amides is 1. The third-order valence-corrected chi connectivity index (χ3v) is 5.51. The summed E-state index contributed by atoms with van der Waals surface area (Å²) in [7, 11) is 1.40. The monoisotopic (exact) mass is 323 g/mol. The minimum absolute atomic E-state index is 0.0161. The highest BCUT2D eigenvalue weighted by atomic mass is 32.1. The average Bonchev–Trinajstić information content (AvgIpc) is 2.88. The van der Waals surface area contributed by atoms with Crippen LogP contribution in [0.4, 0.5) is 5.00 Å². The smallest absolute Gasteiger partial charge is 0.341 e. The Bertz CT molecular complexity index is 550. The number of hydrogen-bond acceptors (Lipinski definition) is 4. The molecule has 1 aromatic rings. The highest BCUT2D eigenvalue weighted by Gasteiger charge is 2.29. The second kappa shape index (κ2) is 7.77. The molecule has 122 valence electrons. The summed E-state index contributed by atoms with van der Waals surface area (Å²) >= 11 is 1.55. The molecule has 0 saturated heterocycles. The van der Waals surface area contributed by atoms with Gasteiger partial charge >= 0.3 is 5.97 Å². The van der Waals surface area contributed by atoms with Crippen LogP contribution in [-0.4, -0.2) is 19.0 Å². The lowest BCUT2D eigenvalue weighted by Crippen LogP contribution is -2.16. The predicted molar refractivity (Wildman–Crippen MR) is 89.6 cm³/mol. The molecule has 0 aromatic carbocycles. The van der Waals surface area contributed by atoms with Crippen molar-refractivity contribution in [2.24, 2.45) is 5.92 Å². The van der Waals surface area contributed by atoms with E-state index in [1.54, 1.807) is 11.3 Å². The van der Waals surface area contributed by atoms with Crippen LogP contribution in [0.15, 0.2) is 0 Å². The lowest BCUT2D eigenvalue weighted by Gasteiger charge is -2.20. The van der Waals surface area contributed by atoms with Crippen molar-refractivity contribution in [3.63, 3.8) is 0 Å². The maximum absolute atomic E-state index is 12.1. The van der Waals surface area contributed by atoms with Crippen LogP contribution in [0.25, 0.3) is 0 Å².